The fraction of sp³-hybridized carbons (Fsp3) is 0.207. The quantitative estimate of drug-likeness (QED) is 0.215. The summed E-state index contributed by atoms with van der Waals surface area (Å²) >= 11 is 1.64. The lowest BCUT2D eigenvalue weighted by Crippen LogP contribution is -2.14. The number of hydrogen-bond acceptors (Lipinski definition) is 7. The molecule has 0 bridgehead atoms. The Labute approximate surface area is 223 Å². The van der Waals surface area contributed by atoms with Gasteiger partial charge < -0.3 is 10.3 Å². The molecule has 0 aliphatic heterocycles. The molecule has 0 radical (unpaired) electrons. The standard InChI is InChI=1S/C29H26N8S/c1-17(18-5-3-2-4-6-18)32-21-13-20(14-30-15-21)22-7-8-24-27(33-22)28(37-36-24)29-34-23-9-11-31-25(26(23)35-29)19-10-12-38-16-19/h7-16,18,32H,1-6H2,(H,34,35)(H,36,37). The summed E-state index contributed by atoms with van der Waals surface area (Å²) in [4.78, 5) is 22.3. The number of anilines is 1. The molecule has 0 atom stereocenters. The van der Waals surface area contributed by atoms with Gasteiger partial charge in [0.15, 0.2) is 11.5 Å². The third-order valence-electron chi connectivity index (χ3n) is 7.26. The van der Waals surface area contributed by atoms with Gasteiger partial charge in [-0.1, -0.05) is 25.8 Å². The van der Waals surface area contributed by atoms with Crippen molar-refractivity contribution in [3.8, 4) is 34.0 Å². The lowest BCUT2D eigenvalue weighted by atomic mass is 9.87. The number of hydrogen-bond donors (Lipinski definition) is 3. The number of thiophene rings is 1. The SMILES string of the molecule is C=C(Nc1cncc(-c2ccc3[nH]nc(-c4nc5c(-c6ccsc6)nccc5[nH]4)c3n2)c1)C1CCCCC1. The van der Waals surface area contributed by atoms with E-state index in [1.54, 1.807) is 17.5 Å². The Bertz CT molecular complexity index is 1760. The highest BCUT2D eigenvalue weighted by Crippen LogP contribution is 2.33. The largest absolute Gasteiger partial charge is 0.358 e. The van der Waals surface area contributed by atoms with Crippen LogP contribution >= 0.6 is 11.3 Å². The van der Waals surface area contributed by atoms with Gasteiger partial charge in [-0.15, -0.1) is 0 Å². The lowest BCUT2D eigenvalue weighted by Gasteiger charge is -2.24. The van der Waals surface area contributed by atoms with E-state index in [-0.39, 0.29) is 0 Å². The Kier molecular flexibility index (Phi) is 5.70. The minimum atomic E-state index is 0.523. The molecule has 8 nitrogen and oxygen atoms in total. The molecule has 9 heteroatoms. The maximum atomic E-state index is 4.98. The van der Waals surface area contributed by atoms with Crippen LogP contribution in [0.3, 0.4) is 0 Å². The van der Waals surface area contributed by atoms with E-state index >= 15 is 0 Å². The summed E-state index contributed by atoms with van der Waals surface area (Å²) in [6.45, 7) is 4.31. The summed E-state index contributed by atoms with van der Waals surface area (Å²) < 4.78 is 0. The second-order valence-corrected chi connectivity index (χ2v) is 10.5. The van der Waals surface area contributed by atoms with E-state index in [0.717, 1.165) is 56.0 Å². The van der Waals surface area contributed by atoms with Gasteiger partial charge >= 0.3 is 0 Å². The van der Waals surface area contributed by atoms with E-state index in [4.69, 9.17) is 9.97 Å². The number of allylic oxidation sites excluding steroid dienone is 1. The van der Waals surface area contributed by atoms with Crippen LogP contribution < -0.4 is 5.32 Å². The predicted molar refractivity (Wildman–Crippen MR) is 153 cm³/mol. The number of aromatic nitrogens is 7. The van der Waals surface area contributed by atoms with Crippen molar-refractivity contribution in [1.82, 2.24) is 35.1 Å². The van der Waals surface area contributed by atoms with Gasteiger partial charge in [-0.3, -0.25) is 15.1 Å². The second-order valence-electron chi connectivity index (χ2n) is 9.77. The molecule has 6 aromatic rings. The van der Waals surface area contributed by atoms with Crippen molar-refractivity contribution in [3.63, 3.8) is 0 Å². The van der Waals surface area contributed by atoms with Crippen LogP contribution in [-0.2, 0) is 0 Å². The van der Waals surface area contributed by atoms with Gasteiger partial charge in [-0.05, 0) is 54.5 Å². The maximum absolute atomic E-state index is 4.98. The monoisotopic (exact) mass is 518 g/mol. The van der Waals surface area contributed by atoms with E-state index in [9.17, 15) is 0 Å². The van der Waals surface area contributed by atoms with Crippen LogP contribution in [0.1, 0.15) is 32.1 Å². The highest BCUT2D eigenvalue weighted by molar-refractivity contribution is 7.08. The summed E-state index contributed by atoms with van der Waals surface area (Å²) in [6, 6.07) is 10.0. The third kappa shape index (κ3) is 4.14. The van der Waals surface area contributed by atoms with Crippen LogP contribution in [0.15, 0.2) is 72.0 Å². The number of nitrogens with one attached hydrogen (secondary N) is 3. The zero-order valence-electron chi connectivity index (χ0n) is 20.7. The molecule has 0 aromatic carbocycles. The molecule has 38 heavy (non-hydrogen) atoms. The fourth-order valence-electron chi connectivity index (χ4n) is 5.27. The number of pyridine rings is 3. The van der Waals surface area contributed by atoms with Crippen molar-refractivity contribution in [2.75, 3.05) is 5.32 Å². The molecule has 0 unspecified atom stereocenters. The molecule has 6 aromatic heterocycles. The average Bonchev–Trinajstić information content (AvgIpc) is 3.73. The first-order valence-electron chi connectivity index (χ1n) is 12.9. The number of nitrogens with zero attached hydrogens (tertiary/aromatic N) is 5. The zero-order chi connectivity index (χ0) is 25.5. The second kappa shape index (κ2) is 9.50. The molecule has 1 aliphatic rings. The van der Waals surface area contributed by atoms with Gasteiger partial charge in [0.05, 0.1) is 34.3 Å². The smallest absolute Gasteiger partial charge is 0.161 e. The van der Waals surface area contributed by atoms with Crippen LogP contribution in [0, 0.1) is 5.92 Å². The van der Waals surface area contributed by atoms with Crippen molar-refractivity contribution < 1.29 is 0 Å². The van der Waals surface area contributed by atoms with Crippen LogP contribution in [0.4, 0.5) is 5.69 Å². The van der Waals surface area contributed by atoms with Crippen molar-refractivity contribution >= 4 is 39.1 Å². The van der Waals surface area contributed by atoms with E-state index in [0.29, 0.717) is 17.4 Å². The number of fused-ring (bicyclic) bond motifs is 2. The molecule has 0 amide bonds. The molecule has 0 spiro atoms. The summed E-state index contributed by atoms with van der Waals surface area (Å²) in [5.41, 5.74) is 9.63. The number of rotatable bonds is 6. The van der Waals surface area contributed by atoms with Gasteiger partial charge in [-0.2, -0.15) is 16.4 Å². The Balaban J connectivity index is 1.23. The number of aromatic amines is 2. The number of imidazole rings is 1. The van der Waals surface area contributed by atoms with Crippen LogP contribution in [0.25, 0.3) is 56.1 Å². The van der Waals surface area contributed by atoms with Gasteiger partial charge in [0.1, 0.15) is 11.0 Å². The summed E-state index contributed by atoms with van der Waals surface area (Å²) in [5.74, 6) is 1.17. The molecular formula is C29H26N8S. The molecule has 6 heterocycles. The van der Waals surface area contributed by atoms with E-state index < -0.39 is 0 Å². The van der Waals surface area contributed by atoms with Crippen molar-refractivity contribution in [2.45, 2.75) is 32.1 Å². The predicted octanol–water partition coefficient (Wildman–Crippen LogP) is 7.19. The van der Waals surface area contributed by atoms with Crippen LogP contribution in [-0.4, -0.2) is 35.1 Å². The van der Waals surface area contributed by atoms with E-state index in [1.807, 2.05) is 36.0 Å². The van der Waals surface area contributed by atoms with Gasteiger partial charge in [-0.25, -0.2) is 9.97 Å². The van der Waals surface area contributed by atoms with Gasteiger partial charge in [0.2, 0.25) is 0 Å². The Morgan fingerprint density at radius 2 is 1.84 bits per heavy atom. The summed E-state index contributed by atoms with van der Waals surface area (Å²) in [6.07, 6.45) is 11.8. The maximum Gasteiger partial charge on any atom is 0.161 e. The van der Waals surface area contributed by atoms with Crippen molar-refractivity contribution in [2.24, 2.45) is 5.92 Å². The molecule has 0 saturated heterocycles. The Morgan fingerprint density at radius 1 is 0.947 bits per heavy atom. The topological polar surface area (TPSA) is 108 Å². The summed E-state index contributed by atoms with van der Waals surface area (Å²) in [5, 5.41) is 15.3. The minimum absolute atomic E-state index is 0.523. The fourth-order valence-corrected chi connectivity index (χ4v) is 5.91. The first-order chi connectivity index (χ1) is 18.7. The minimum Gasteiger partial charge on any atom is -0.358 e. The molecule has 1 fully saturated rings. The normalized spacial score (nSPS) is 14.3. The molecule has 188 valence electrons. The van der Waals surface area contributed by atoms with Crippen molar-refractivity contribution in [3.05, 3.63) is 72.0 Å². The van der Waals surface area contributed by atoms with Crippen LogP contribution in [0.5, 0.6) is 0 Å². The van der Waals surface area contributed by atoms with E-state index in [2.05, 4.69) is 54.6 Å². The lowest BCUT2D eigenvalue weighted by molar-refractivity contribution is 0.405. The average molecular weight is 519 g/mol. The third-order valence-corrected chi connectivity index (χ3v) is 7.95. The molecule has 7 rings (SSSR count). The highest BCUT2D eigenvalue weighted by atomic mass is 32.1. The van der Waals surface area contributed by atoms with Gasteiger partial charge in [0, 0.05) is 34.6 Å². The first-order valence-corrected chi connectivity index (χ1v) is 13.8. The first kappa shape index (κ1) is 22.8. The van der Waals surface area contributed by atoms with Crippen LogP contribution in [0.2, 0.25) is 0 Å². The van der Waals surface area contributed by atoms with Gasteiger partial charge in [0.25, 0.3) is 0 Å². The Hall–Kier alpha value is -4.37. The van der Waals surface area contributed by atoms with E-state index in [1.165, 1.54) is 32.1 Å². The number of H-pyrrole nitrogens is 2. The molecule has 3 N–H and O–H groups in total. The molecule has 1 saturated carbocycles. The highest BCUT2D eigenvalue weighted by Gasteiger charge is 2.19. The Morgan fingerprint density at radius 3 is 2.71 bits per heavy atom. The molecule has 1 aliphatic carbocycles. The molecular weight excluding hydrogens is 492 g/mol. The van der Waals surface area contributed by atoms with Crippen molar-refractivity contribution in [1.29, 1.82) is 0 Å². The zero-order valence-corrected chi connectivity index (χ0v) is 21.6. The summed E-state index contributed by atoms with van der Waals surface area (Å²) in [7, 11) is 0.